The molecular formula is C12H13NO5. The lowest BCUT2D eigenvalue weighted by atomic mass is 10.2. The van der Waals surface area contributed by atoms with Crippen LogP contribution in [0.2, 0.25) is 0 Å². The Morgan fingerprint density at radius 3 is 2.50 bits per heavy atom. The van der Waals surface area contributed by atoms with Gasteiger partial charge in [-0.15, -0.1) is 0 Å². The van der Waals surface area contributed by atoms with E-state index in [0.29, 0.717) is 0 Å². The van der Waals surface area contributed by atoms with Crippen LogP contribution >= 0.6 is 0 Å². The molecule has 0 aliphatic rings. The summed E-state index contributed by atoms with van der Waals surface area (Å²) in [6, 6.07) is 6.14. The van der Waals surface area contributed by atoms with Crippen molar-refractivity contribution in [2.24, 2.45) is 0 Å². The molecule has 1 aromatic rings. The molecule has 6 heteroatoms. The highest BCUT2D eigenvalue weighted by Gasteiger charge is 2.15. The third-order valence-corrected chi connectivity index (χ3v) is 1.97. The zero-order chi connectivity index (χ0) is 13.5. The van der Waals surface area contributed by atoms with Crippen LogP contribution in [-0.2, 0) is 14.3 Å². The van der Waals surface area contributed by atoms with Gasteiger partial charge in [0.2, 0.25) is 0 Å². The van der Waals surface area contributed by atoms with Crippen molar-refractivity contribution < 1.29 is 23.9 Å². The summed E-state index contributed by atoms with van der Waals surface area (Å²) in [5, 5.41) is 2.32. The van der Waals surface area contributed by atoms with Crippen molar-refractivity contribution >= 4 is 17.8 Å². The highest BCUT2D eigenvalue weighted by atomic mass is 16.5. The largest absolute Gasteiger partial charge is 0.452 e. The van der Waals surface area contributed by atoms with Gasteiger partial charge in [0.1, 0.15) is 11.3 Å². The Kier molecular flexibility index (Phi) is 4.86. The second kappa shape index (κ2) is 6.39. The molecule has 0 aliphatic heterocycles. The molecule has 1 amide bonds. The van der Waals surface area contributed by atoms with Gasteiger partial charge in [0, 0.05) is 14.0 Å². The summed E-state index contributed by atoms with van der Waals surface area (Å²) in [5.74, 6) is -1.59. The number of hydrogen-bond donors (Lipinski definition) is 1. The summed E-state index contributed by atoms with van der Waals surface area (Å²) < 4.78 is 9.62. The highest BCUT2D eigenvalue weighted by Crippen LogP contribution is 2.19. The van der Waals surface area contributed by atoms with E-state index in [-0.39, 0.29) is 17.9 Å². The molecule has 1 aromatic carbocycles. The number of para-hydroxylation sites is 1. The van der Waals surface area contributed by atoms with E-state index in [1.165, 1.54) is 26.1 Å². The molecule has 1 rings (SSSR count). The van der Waals surface area contributed by atoms with E-state index in [2.05, 4.69) is 5.32 Å². The second-order valence-corrected chi connectivity index (χ2v) is 3.34. The van der Waals surface area contributed by atoms with Crippen molar-refractivity contribution in [2.45, 2.75) is 6.92 Å². The van der Waals surface area contributed by atoms with Gasteiger partial charge >= 0.3 is 11.9 Å². The average molecular weight is 251 g/mol. The summed E-state index contributed by atoms with van der Waals surface area (Å²) in [6.07, 6.45) is 0. The van der Waals surface area contributed by atoms with Crippen molar-refractivity contribution in [1.29, 1.82) is 0 Å². The normalized spacial score (nSPS) is 9.44. The Hall–Kier alpha value is -2.37. The lowest BCUT2D eigenvalue weighted by molar-refractivity contribution is -0.132. The molecule has 0 heterocycles. The van der Waals surface area contributed by atoms with Gasteiger partial charge < -0.3 is 14.8 Å². The van der Waals surface area contributed by atoms with E-state index in [0.717, 1.165) is 0 Å². The molecule has 0 spiro atoms. The zero-order valence-electron chi connectivity index (χ0n) is 10.1. The number of ether oxygens (including phenoxy) is 2. The molecule has 18 heavy (non-hydrogen) atoms. The first-order valence-electron chi connectivity index (χ1n) is 5.19. The lowest BCUT2D eigenvalue weighted by Crippen LogP contribution is -2.25. The quantitative estimate of drug-likeness (QED) is 0.623. The number of benzene rings is 1. The van der Waals surface area contributed by atoms with Crippen LogP contribution in [0.1, 0.15) is 17.3 Å². The van der Waals surface area contributed by atoms with Gasteiger partial charge in [0.25, 0.3) is 5.91 Å². The molecule has 6 nitrogen and oxygen atoms in total. The van der Waals surface area contributed by atoms with Gasteiger partial charge in [0.15, 0.2) is 6.61 Å². The SMILES string of the molecule is CNC(=O)COC(=O)c1ccccc1OC(C)=O. The maximum Gasteiger partial charge on any atom is 0.342 e. The molecule has 0 radical (unpaired) electrons. The monoisotopic (exact) mass is 251 g/mol. The number of nitrogens with one attached hydrogen (secondary N) is 1. The molecule has 0 fully saturated rings. The third-order valence-electron chi connectivity index (χ3n) is 1.97. The van der Waals surface area contributed by atoms with Gasteiger partial charge in [0.05, 0.1) is 0 Å². The molecule has 0 atom stereocenters. The minimum absolute atomic E-state index is 0.0941. The Morgan fingerprint density at radius 1 is 1.22 bits per heavy atom. The molecule has 96 valence electrons. The van der Waals surface area contributed by atoms with Crippen molar-refractivity contribution in [3.63, 3.8) is 0 Å². The molecule has 0 aromatic heterocycles. The standard InChI is InChI=1S/C12H13NO5/c1-8(14)18-10-6-4-3-5-9(10)12(16)17-7-11(15)13-2/h3-6H,7H2,1-2H3,(H,13,15). The summed E-state index contributed by atoms with van der Waals surface area (Å²) >= 11 is 0. The van der Waals surface area contributed by atoms with Crippen molar-refractivity contribution in [1.82, 2.24) is 5.32 Å². The fourth-order valence-electron chi connectivity index (χ4n) is 1.16. The first kappa shape index (κ1) is 13.7. The molecule has 0 bridgehead atoms. The van der Waals surface area contributed by atoms with Crippen LogP contribution in [0.15, 0.2) is 24.3 Å². The fourth-order valence-corrected chi connectivity index (χ4v) is 1.16. The van der Waals surface area contributed by atoms with Crippen LogP contribution in [-0.4, -0.2) is 31.5 Å². The number of carbonyl (C=O) groups is 3. The van der Waals surface area contributed by atoms with Crippen molar-refractivity contribution in [3.8, 4) is 5.75 Å². The predicted octanol–water partition coefficient (Wildman–Crippen LogP) is 0.515. The molecule has 1 N–H and O–H groups in total. The number of hydrogen-bond acceptors (Lipinski definition) is 5. The van der Waals surface area contributed by atoms with Gasteiger partial charge in [-0.2, -0.15) is 0 Å². The minimum Gasteiger partial charge on any atom is -0.452 e. The summed E-state index contributed by atoms with van der Waals surface area (Å²) in [7, 11) is 1.43. The summed E-state index contributed by atoms with van der Waals surface area (Å²) in [6.45, 7) is 0.844. The van der Waals surface area contributed by atoms with E-state index in [1.54, 1.807) is 12.1 Å². The van der Waals surface area contributed by atoms with E-state index >= 15 is 0 Å². The molecule has 0 aliphatic carbocycles. The molecule has 0 unspecified atom stereocenters. The number of rotatable bonds is 4. The number of amides is 1. The Morgan fingerprint density at radius 2 is 1.89 bits per heavy atom. The van der Waals surface area contributed by atoms with E-state index in [1.807, 2.05) is 0 Å². The van der Waals surface area contributed by atoms with Crippen LogP contribution in [0.3, 0.4) is 0 Å². The zero-order valence-corrected chi connectivity index (χ0v) is 10.1. The fraction of sp³-hybridized carbons (Fsp3) is 0.250. The van der Waals surface area contributed by atoms with Crippen LogP contribution in [0.4, 0.5) is 0 Å². The van der Waals surface area contributed by atoms with Crippen LogP contribution < -0.4 is 10.1 Å². The summed E-state index contributed by atoms with van der Waals surface area (Å²) in [4.78, 5) is 33.5. The van der Waals surface area contributed by atoms with E-state index in [4.69, 9.17) is 9.47 Å². The first-order chi connectivity index (χ1) is 8.54. The van der Waals surface area contributed by atoms with E-state index < -0.39 is 17.8 Å². The maximum absolute atomic E-state index is 11.7. The Labute approximate surface area is 104 Å². The second-order valence-electron chi connectivity index (χ2n) is 3.34. The molecule has 0 saturated heterocycles. The lowest BCUT2D eigenvalue weighted by Gasteiger charge is -2.08. The van der Waals surface area contributed by atoms with Crippen LogP contribution in [0.5, 0.6) is 5.75 Å². The number of carbonyl (C=O) groups excluding carboxylic acids is 3. The van der Waals surface area contributed by atoms with Gasteiger partial charge in [-0.05, 0) is 12.1 Å². The highest BCUT2D eigenvalue weighted by molar-refractivity contribution is 5.94. The predicted molar refractivity (Wildman–Crippen MR) is 62.1 cm³/mol. The topological polar surface area (TPSA) is 81.7 Å². The first-order valence-corrected chi connectivity index (χ1v) is 5.19. The Balaban J connectivity index is 2.78. The maximum atomic E-state index is 11.7. The van der Waals surface area contributed by atoms with Crippen LogP contribution in [0.25, 0.3) is 0 Å². The van der Waals surface area contributed by atoms with Gasteiger partial charge in [-0.3, -0.25) is 9.59 Å². The van der Waals surface area contributed by atoms with E-state index in [9.17, 15) is 14.4 Å². The number of esters is 2. The Bertz CT molecular complexity index is 469. The summed E-state index contributed by atoms with van der Waals surface area (Å²) in [5.41, 5.74) is 0.0941. The van der Waals surface area contributed by atoms with Crippen molar-refractivity contribution in [3.05, 3.63) is 29.8 Å². The number of likely N-dealkylation sites (N-methyl/N-ethyl adjacent to an activating group) is 1. The minimum atomic E-state index is -0.726. The molecule has 0 saturated carbocycles. The van der Waals surface area contributed by atoms with Gasteiger partial charge in [-0.1, -0.05) is 12.1 Å². The van der Waals surface area contributed by atoms with Crippen LogP contribution in [0, 0.1) is 0 Å². The third kappa shape index (κ3) is 3.89. The van der Waals surface area contributed by atoms with Gasteiger partial charge in [-0.25, -0.2) is 4.79 Å². The van der Waals surface area contributed by atoms with Crippen molar-refractivity contribution in [2.75, 3.05) is 13.7 Å². The smallest absolute Gasteiger partial charge is 0.342 e. The average Bonchev–Trinajstić information content (AvgIpc) is 2.35. The molecular weight excluding hydrogens is 238 g/mol.